The molecule has 0 radical (unpaired) electrons. The summed E-state index contributed by atoms with van der Waals surface area (Å²) in [5, 5.41) is 4.78. The fourth-order valence-electron chi connectivity index (χ4n) is 2.16. The van der Waals surface area contributed by atoms with Crippen LogP contribution in [0.5, 0.6) is 11.5 Å². The molecule has 1 aromatic heterocycles. The molecule has 0 aliphatic rings. The first kappa shape index (κ1) is 14.4. The zero-order chi connectivity index (χ0) is 15.5. The molecule has 3 rings (SSSR count). The Balaban J connectivity index is 2.03. The molecular weight excluding hydrogens is 302 g/mol. The first-order valence-electron chi connectivity index (χ1n) is 6.60. The highest BCUT2D eigenvalue weighted by atomic mass is 35.5. The molecule has 0 aliphatic carbocycles. The number of halogens is 1. The molecule has 0 unspecified atom stereocenters. The molecule has 1 heterocycles. The molecule has 5 nitrogen and oxygen atoms in total. The van der Waals surface area contributed by atoms with Gasteiger partial charge in [0.15, 0.2) is 0 Å². The van der Waals surface area contributed by atoms with Crippen LogP contribution in [0.15, 0.2) is 42.7 Å². The molecule has 0 bridgehead atoms. The predicted molar refractivity (Wildman–Crippen MR) is 87.4 cm³/mol. The van der Waals surface area contributed by atoms with Crippen molar-refractivity contribution < 1.29 is 9.47 Å². The Hall–Kier alpha value is -2.53. The van der Waals surface area contributed by atoms with Crippen molar-refractivity contribution in [1.82, 2.24) is 9.97 Å². The lowest BCUT2D eigenvalue weighted by Gasteiger charge is -2.13. The molecule has 0 saturated carbocycles. The van der Waals surface area contributed by atoms with Gasteiger partial charge in [0.1, 0.15) is 23.6 Å². The van der Waals surface area contributed by atoms with Crippen molar-refractivity contribution in [3.8, 4) is 11.5 Å². The van der Waals surface area contributed by atoms with Gasteiger partial charge in [-0.15, -0.1) is 0 Å². The lowest BCUT2D eigenvalue weighted by atomic mass is 10.2. The Morgan fingerprint density at radius 3 is 2.64 bits per heavy atom. The molecule has 112 valence electrons. The maximum Gasteiger partial charge on any atom is 0.146 e. The summed E-state index contributed by atoms with van der Waals surface area (Å²) < 4.78 is 10.6. The number of methoxy groups -OCH3 is 2. The summed E-state index contributed by atoms with van der Waals surface area (Å²) in [5.74, 6) is 2.08. The Bertz CT molecular complexity index is 824. The van der Waals surface area contributed by atoms with Crippen molar-refractivity contribution in [3.05, 3.63) is 47.7 Å². The summed E-state index contributed by atoms with van der Waals surface area (Å²) in [6, 6.07) is 11.0. The van der Waals surface area contributed by atoms with Gasteiger partial charge in [-0.05, 0) is 30.3 Å². The van der Waals surface area contributed by atoms with E-state index in [2.05, 4.69) is 15.3 Å². The van der Waals surface area contributed by atoms with E-state index in [0.717, 1.165) is 22.3 Å². The van der Waals surface area contributed by atoms with Crippen LogP contribution in [0.1, 0.15) is 0 Å². The third kappa shape index (κ3) is 2.76. The smallest absolute Gasteiger partial charge is 0.146 e. The highest BCUT2D eigenvalue weighted by Crippen LogP contribution is 2.33. The molecule has 6 heteroatoms. The van der Waals surface area contributed by atoms with E-state index in [1.54, 1.807) is 20.3 Å². The van der Waals surface area contributed by atoms with E-state index in [1.807, 2.05) is 30.3 Å². The molecule has 1 N–H and O–H groups in total. The zero-order valence-corrected chi connectivity index (χ0v) is 12.9. The van der Waals surface area contributed by atoms with E-state index in [4.69, 9.17) is 21.1 Å². The number of nitrogens with zero attached hydrogens (tertiary/aromatic N) is 2. The van der Waals surface area contributed by atoms with Crippen LogP contribution in [0.2, 0.25) is 5.02 Å². The van der Waals surface area contributed by atoms with Crippen LogP contribution < -0.4 is 14.8 Å². The van der Waals surface area contributed by atoms with Gasteiger partial charge in [0, 0.05) is 16.5 Å². The number of fused-ring (bicyclic) bond motifs is 1. The highest BCUT2D eigenvalue weighted by Gasteiger charge is 2.09. The minimum absolute atomic E-state index is 0.638. The lowest BCUT2D eigenvalue weighted by Crippen LogP contribution is -1.99. The van der Waals surface area contributed by atoms with Gasteiger partial charge < -0.3 is 14.8 Å². The van der Waals surface area contributed by atoms with Gasteiger partial charge in [0.2, 0.25) is 0 Å². The van der Waals surface area contributed by atoms with Crippen LogP contribution in [-0.2, 0) is 0 Å². The fourth-order valence-corrected chi connectivity index (χ4v) is 2.33. The first-order valence-corrected chi connectivity index (χ1v) is 6.98. The lowest BCUT2D eigenvalue weighted by molar-refractivity contribution is 0.395. The molecule has 0 amide bonds. The van der Waals surface area contributed by atoms with E-state index in [-0.39, 0.29) is 0 Å². The summed E-state index contributed by atoms with van der Waals surface area (Å²) in [6.07, 6.45) is 1.50. The molecule has 22 heavy (non-hydrogen) atoms. The van der Waals surface area contributed by atoms with Gasteiger partial charge >= 0.3 is 0 Å². The maximum absolute atomic E-state index is 6.00. The van der Waals surface area contributed by atoms with Crippen molar-refractivity contribution in [3.63, 3.8) is 0 Å². The number of anilines is 2. The standard InChI is InChI=1S/C16H14ClN3O2/c1-21-11-4-6-13(15(8-11)22-2)20-16-12-5-3-10(17)7-14(12)18-9-19-16/h3-9H,1-2H3,(H,18,19,20). The van der Waals surface area contributed by atoms with Crippen LogP contribution in [0, 0.1) is 0 Å². The van der Waals surface area contributed by atoms with E-state index >= 15 is 0 Å². The number of rotatable bonds is 4. The van der Waals surface area contributed by atoms with Gasteiger partial charge in [-0.2, -0.15) is 0 Å². The van der Waals surface area contributed by atoms with E-state index < -0.39 is 0 Å². The Morgan fingerprint density at radius 1 is 1.00 bits per heavy atom. The molecule has 2 aromatic carbocycles. The molecule has 3 aromatic rings. The predicted octanol–water partition coefficient (Wildman–Crippen LogP) is 4.04. The zero-order valence-electron chi connectivity index (χ0n) is 12.1. The second kappa shape index (κ2) is 6.07. The Morgan fingerprint density at radius 2 is 1.86 bits per heavy atom. The summed E-state index contributed by atoms with van der Waals surface area (Å²) >= 11 is 6.00. The largest absolute Gasteiger partial charge is 0.497 e. The van der Waals surface area contributed by atoms with E-state index in [1.165, 1.54) is 6.33 Å². The first-order chi connectivity index (χ1) is 10.7. The summed E-state index contributed by atoms with van der Waals surface area (Å²) in [6.45, 7) is 0. The topological polar surface area (TPSA) is 56.3 Å². The SMILES string of the molecule is COc1ccc(Nc2ncnc3cc(Cl)ccc23)c(OC)c1. The maximum atomic E-state index is 6.00. The molecular formula is C16H14ClN3O2. The second-order valence-corrected chi connectivity index (χ2v) is 5.01. The molecule has 0 saturated heterocycles. The fraction of sp³-hybridized carbons (Fsp3) is 0.125. The van der Waals surface area contributed by atoms with Crippen LogP contribution in [0.3, 0.4) is 0 Å². The monoisotopic (exact) mass is 315 g/mol. The summed E-state index contributed by atoms with van der Waals surface area (Å²) in [4.78, 5) is 8.53. The van der Waals surface area contributed by atoms with Crippen molar-refractivity contribution in [2.75, 3.05) is 19.5 Å². The quantitative estimate of drug-likeness (QED) is 0.787. The minimum atomic E-state index is 0.638. The van der Waals surface area contributed by atoms with Gasteiger partial charge in [0.05, 0.1) is 25.4 Å². The number of ether oxygens (including phenoxy) is 2. The Kier molecular flexibility index (Phi) is 3.98. The number of aromatic nitrogens is 2. The van der Waals surface area contributed by atoms with Crippen LogP contribution in [0.25, 0.3) is 10.9 Å². The number of nitrogens with one attached hydrogen (secondary N) is 1. The summed E-state index contributed by atoms with van der Waals surface area (Å²) in [7, 11) is 3.22. The van der Waals surface area contributed by atoms with Gasteiger partial charge in [-0.25, -0.2) is 9.97 Å². The van der Waals surface area contributed by atoms with Crippen molar-refractivity contribution >= 4 is 34.0 Å². The average Bonchev–Trinajstić information content (AvgIpc) is 2.55. The van der Waals surface area contributed by atoms with E-state index in [9.17, 15) is 0 Å². The van der Waals surface area contributed by atoms with Crippen molar-refractivity contribution in [2.24, 2.45) is 0 Å². The minimum Gasteiger partial charge on any atom is -0.497 e. The highest BCUT2D eigenvalue weighted by molar-refractivity contribution is 6.31. The van der Waals surface area contributed by atoms with Gasteiger partial charge in [-0.3, -0.25) is 0 Å². The van der Waals surface area contributed by atoms with Gasteiger partial charge in [0.25, 0.3) is 0 Å². The van der Waals surface area contributed by atoms with Crippen LogP contribution >= 0.6 is 11.6 Å². The Labute approximate surface area is 132 Å². The molecule has 0 spiro atoms. The second-order valence-electron chi connectivity index (χ2n) is 4.57. The summed E-state index contributed by atoms with van der Waals surface area (Å²) in [5.41, 5.74) is 1.57. The number of hydrogen-bond acceptors (Lipinski definition) is 5. The van der Waals surface area contributed by atoms with Gasteiger partial charge in [-0.1, -0.05) is 11.6 Å². The molecule has 0 atom stereocenters. The third-order valence-electron chi connectivity index (χ3n) is 3.26. The van der Waals surface area contributed by atoms with Crippen LogP contribution in [0.4, 0.5) is 11.5 Å². The number of benzene rings is 2. The van der Waals surface area contributed by atoms with E-state index in [0.29, 0.717) is 16.6 Å². The number of hydrogen-bond donors (Lipinski definition) is 1. The van der Waals surface area contributed by atoms with Crippen molar-refractivity contribution in [2.45, 2.75) is 0 Å². The normalized spacial score (nSPS) is 10.5. The average molecular weight is 316 g/mol. The van der Waals surface area contributed by atoms with Crippen LogP contribution in [-0.4, -0.2) is 24.2 Å². The molecule has 0 fully saturated rings. The third-order valence-corrected chi connectivity index (χ3v) is 3.50. The molecule has 0 aliphatic heterocycles. The van der Waals surface area contributed by atoms with Crippen molar-refractivity contribution in [1.29, 1.82) is 0 Å².